The van der Waals surface area contributed by atoms with E-state index < -0.39 is 30.3 Å². The maximum Gasteiger partial charge on any atom is 0.310 e. The van der Waals surface area contributed by atoms with Gasteiger partial charge in [-0.1, -0.05) is 11.8 Å². The molecule has 0 fully saturated rings. The lowest BCUT2D eigenvalue weighted by atomic mass is 10.2. The van der Waals surface area contributed by atoms with Crippen molar-refractivity contribution >= 4 is 28.6 Å². The molecule has 2 atom stereocenters. The van der Waals surface area contributed by atoms with Gasteiger partial charge in [-0.3, -0.25) is 19.7 Å². The Bertz CT molecular complexity index is 298. The first-order chi connectivity index (χ1) is 7.88. The third kappa shape index (κ3) is 7.05. The maximum atomic E-state index is 11.4. The predicted molar refractivity (Wildman–Crippen MR) is 64.4 cm³/mol. The monoisotopic (exact) mass is 263 g/mol. The Morgan fingerprint density at radius 2 is 2.00 bits per heavy atom. The summed E-state index contributed by atoms with van der Waals surface area (Å²) in [4.78, 5) is 32.9. The molecule has 98 valence electrons. The second-order valence-corrected chi connectivity index (χ2v) is 4.43. The SMILES string of the molecule is C[C@H](NCN)C(=O)SCC(N)C(=O)CC(=O)O. The second-order valence-electron chi connectivity index (χ2n) is 3.40. The first-order valence-electron chi connectivity index (χ1n) is 4.98. The van der Waals surface area contributed by atoms with Gasteiger partial charge in [0.1, 0.15) is 6.42 Å². The highest BCUT2D eigenvalue weighted by Crippen LogP contribution is 2.08. The van der Waals surface area contributed by atoms with Crippen LogP contribution in [0.15, 0.2) is 0 Å². The van der Waals surface area contributed by atoms with Crippen LogP contribution in [0.4, 0.5) is 0 Å². The highest BCUT2D eigenvalue weighted by Gasteiger charge is 2.20. The smallest absolute Gasteiger partial charge is 0.310 e. The average Bonchev–Trinajstić information content (AvgIpc) is 2.24. The fraction of sp³-hybridized carbons (Fsp3) is 0.667. The summed E-state index contributed by atoms with van der Waals surface area (Å²) in [6.45, 7) is 1.82. The molecule has 0 bridgehead atoms. The third-order valence-corrected chi connectivity index (χ3v) is 3.09. The highest BCUT2D eigenvalue weighted by molar-refractivity contribution is 8.13. The van der Waals surface area contributed by atoms with Gasteiger partial charge in [0.05, 0.1) is 12.1 Å². The van der Waals surface area contributed by atoms with Crippen molar-refractivity contribution in [1.82, 2.24) is 5.32 Å². The molecule has 0 radical (unpaired) electrons. The summed E-state index contributed by atoms with van der Waals surface area (Å²) in [5.74, 6) is -1.74. The fourth-order valence-electron chi connectivity index (χ4n) is 0.930. The van der Waals surface area contributed by atoms with Crippen molar-refractivity contribution in [1.29, 1.82) is 0 Å². The third-order valence-electron chi connectivity index (χ3n) is 1.92. The molecule has 0 aromatic carbocycles. The van der Waals surface area contributed by atoms with Crippen molar-refractivity contribution in [2.24, 2.45) is 11.5 Å². The van der Waals surface area contributed by atoms with Crippen molar-refractivity contribution in [3.8, 4) is 0 Å². The standard InChI is InChI=1S/C9H17N3O4S/c1-5(12-4-10)9(16)17-3-6(11)7(13)2-8(14)15/h5-6,12H,2-4,10-11H2,1H3,(H,14,15)/t5-,6?/m0/s1. The molecule has 17 heavy (non-hydrogen) atoms. The number of carbonyl (C=O) groups is 3. The van der Waals surface area contributed by atoms with Crippen LogP contribution in [0, 0.1) is 0 Å². The van der Waals surface area contributed by atoms with E-state index in [2.05, 4.69) is 5.32 Å². The number of nitrogens with two attached hydrogens (primary N) is 2. The molecule has 0 spiro atoms. The van der Waals surface area contributed by atoms with Gasteiger partial charge in [-0.05, 0) is 6.92 Å². The minimum absolute atomic E-state index is 0.0710. The Balaban J connectivity index is 3.98. The Hall–Kier alpha value is -0.960. The molecule has 0 aliphatic heterocycles. The molecule has 6 N–H and O–H groups in total. The summed E-state index contributed by atoms with van der Waals surface area (Å²) in [7, 11) is 0. The van der Waals surface area contributed by atoms with Gasteiger partial charge in [0.2, 0.25) is 5.12 Å². The molecule has 0 saturated heterocycles. The molecule has 0 amide bonds. The molecule has 0 aliphatic rings. The molecule has 0 heterocycles. The molecular formula is C9H17N3O4S. The van der Waals surface area contributed by atoms with E-state index in [4.69, 9.17) is 16.6 Å². The number of carboxylic acids is 1. The minimum atomic E-state index is -1.22. The number of hydrogen-bond donors (Lipinski definition) is 4. The van der Waals surface area contributed by atoms with Crippen molar-refractivity contribution in [3.63, 3.8) is 0 Å². The summed E-state index contributed by atoms with van der Waals surface area (Å²) in [5.41, 5.74) is 10.7. The summed E-state index contributed by atoms with van der Waals surface area (Å²) >= 11 is 0.892. The number of carbonyl (C=O) groups excluding carboxylic acids is 2. The zero-order chi connectivity index (χ0) is 13.4. The topological polar surface area (TPSA) is 136 Å². The van der Waals surface area contributed by atoms with E-state index >= 15 is 0 Å². The largest absolute Gasteiger partial charge is 0.481 e. The summed E-state index contributed by atoms with van der Waals surface area (Å²) in [6, 6.07) is -1.36. The lowest BCUT2D eigenvalue weighted by Gasteiger charge is -2.12. The normalized spacial score (nSPS) is 14.1. The summed E-state index contributed by atoms with van der Waals surface area (Å²) < 4.78 is 0. The average molecular weight is 263 g/mol. The van der Waals surface area contributed by atoms with E-state index in [9.17, 15) is 14.4 Å². The Kier molecular flexibility index (Phi) is 7.72. The van der Waals surface area contributed by atoms with E-state index in [1.807, 2.05) is 0 Å². The van der Waals surface area contributed by atoms with Gasteiger partial charge in [0.25, 0.3) is 0 Å². The predicted octanol–water partition coefficient (Wildman–Crippen LogP) is -1.49. The van der Waals surface area contributed by atoms with Crippen LogP contribution < -0.4 is 16.8 Å². The Labute approximate surface area is 103 Å². The van der Waals surface area contributed by atoms with Crippen LogP contribution in [0.1, 0.15) is 13.3 Å². The van der Waals surface area contributed by atoms with Crippen molar-refractivity contribution in [3.05, 3.63) is 0 Å². The van der Waals surface area contributed by atoms with Crippen LogP contribution >= 0.6 is 11.8 Å². The molecule has 0 aromatic rings. The number of thioether (sulfide) groups is 1. The number of rotatable bonds is 8. The van der Waals surface area contributed by atoms with Gasteiger partial charge in [-0.25, -0.2) is 0 Å². The number of hydrogen-bond acceptors (Lipinski definition) is 7. The maximum absolute atomic E-state index is 11.4. The molecule has 0 rings (SSSR count). The lowest BCUT2D eigenvalue weighted by molar-refractivity contribution is -0.140. The van der Waals surface area contributed by atoms with Gasteiger partial charge in [-0.15, -0.1) is 0 Å². The second kappa shape index (κ2) is 8.18. The summed E-state index contributed by atoms with van der Waals surface area (Å²) in [5, 5.41) is 10.9. The van der Waals surface area contributed by atoms with Gasteiger partial charge in [0, 0.05) is 12.4 Å². The molecule has 7 nitrogen and oxygen atoms in total. The van der Waals surface area contributed by atoms with Crippen molar-refractivity contribution in [2.75, 3.05) is 12.4 Å². The molecule has 1 unspecified atom stereocenters. The van der Waals surface area contributed by atoms with E-state index in [-0.39, 0.29) is 17.5 Å². The number of aliphatic carboxylic acids is 1. The lowest BCUT2D eigenvalue weighted by Crippen LogP contribution is -2.38. The van der Waals surface area contributed by atoms with E-state index in [0.717, 1.165) is 11.8 Å². The minimum Gasteiger partial charge on any atom is -0.481 e. The van der Waals surface area contributed by atoms with E-state index in [1.54, 1.807) is 6.92 Å². The van der Waals surface area contributed by atoms with Crippen LogP contribution in [0.25, 0.3) is 0 Å². The van der Waals surface area contributed by atoms with Gasteiger partial charge >= 0.3 is 5.97 Å². The number of nitrogens with one attached hydrogen (secondary N) is 1. The zero-order valence-corrected chi connectivity index (χ0v) is 10.3. The molecule has 8 heteroatoms. The highest BCUT2D eigenvalue weighted by atomic mass is 32.2. The molecule has 0 aliphatic carbocycles. The first kappa shape index (κ1) is 16.0. The van der Waals surface area contributed by atoms with Crippen LogP contribution in [0.2, 0.25) is 0 Å². The quantitative estimate of drug-likeness (QED) is 0.307. The van der Waals surface area contributed by atoms with Crippen LogP contribution in [0.3, 0.4) is 0 Å². The van der Waals surface area contributed by atoms with Crippen molar-refractivity contribution < 1.29 is 19.5 Å². The van der Waals surface area contributed by atoms with Crippen LogP contribution in [-0.2, 0) is 14.4 Å². The number of ketones is 1. The number of carboxylic acid groups (broad SMARTS) is 1. The van der Waals surface area contributed by atoms with Gasteiger partial charge in [0.15, 0.2) is 5.78 Å². The first-order valence-corrected chi connectivity index (χ1v) is 5.97. The van der Waals surface area contributed by atoms with Gasteiger partial charge in [-0.2, -0.15) is 0 Å². The fourth-order valence-corrected chi connectivity index (χ4v) is 1.79. The van der Waals surface area contributed by atoms with Crippen LogP contribution in [0.5, 0.6) is 0 Å². The number of Topliss-reactive ketones (excluding diaryl/α,β-unsaturated/α-hetero) is 1. The Morgan fingerprint density at radius 1 is 1.41 bits per heavy atom. The summed E-state index contributed by atoms with van der Waals surface area (Å²) in [6.07, 6.45) is -0.619. The van der Waals surface area contributed by atoms with Gasteiger partial charge < -0.3 is 16.6 Å². The molecular weight excluding hydrogens is 246 g/mol. The van der Waals surface area contributed by atoms with Crippen LogP contribution in [-0.4, -0.2) is 46.5 Å². The van der Waals surface area contributed by atoms with Crippen molar-refractivity contribution in [2.45, 2.75) is 25.4 Å². The van der Waals surface area contributed by atoms with E-state index in [0.29, 0.717) is 0 Å². The zero-order valence-electron chi connectivity index (χ0n) is 9.51. The Morgan fingerprint density at radius 3 is 2.47 bits per heavy atom. The molecule has 0 saturated carbocycles. The van der Waals surface area contributed by atoms with E-state index in [1.165, 1.54) is 0 Å². The molecule has 0 aromatic heterocycles.